The van der Waals surface area contributed by atoms with Gasteiger partial charge >= 0.3 is 6.01 Å². The zero-order valence-corrected chi connectivity index (χ0v) is 10.5. The van der Waals surface area contributed by atoms with Gasteiger partial charge in [0.25, 0.3) is 0 Å². The lowest BCUT2D eigenvalue weighted by atomic mass is 9.83. The number of rotatable bonds is 8. The second kappa shape index (κ2) is 6.59. The molecular formula is C12H22N4O. The topological polar surface area (TPSA) is 63.0 Å². The van der Waals surface area contributed by atoms with Gasteiger partial charge in [0.2, 0.25) is 5.89 Å². The maximum Gasteiger partial charge on any atom is 0.315 e. The van der Waals surface area contributed by atoms with Gasteiger partial charge in [0, 0.05) is 6.54 Å². The third-order valence-corrected chi connectivity index (χ3v) is 3.22. The Morgan fingerprint density at radius 3 is 2.88 bits per heavy atom. The number of aromatic nitrogens is 2. The average molecular weight is 238 g/mol. The molecule has 1 heterocycles. The molecule has 0 saturated heterocycles. The van der Waals surface area contributed by atoms with Crippen molar-refractivity contribution in [3.63, 3.8) is 0 Å². The van der Waals surface area contributed by atoms with Crippen LogP contribution in [0.2, 0.25) is 0 Å². The van der Waals surface area contributed by atoms with Crippen molar-refractivity contribution < 1.29 is 4.42 Å². The van der Waals surface area contributed by atoms with E-state index in [1.54, 1.807) is 0 Å². The highest BCUT2D eigenvalue weighted by Crippen LogP contribution is 2.29. The van der Waals surface area contributed by atoms with Crippen LogP contribution in [-0.4, -0.2) is 23.3 Å². The predicted octanol–water partition coefficient (Wildman–Crippen LogP) is 2.17. The van der Waals surface area contributed by atoms with E-state index in [-0.39, 0.29) is 0 Å². The van der Waals surface area contributed by atoms with Crippen molar-refractivity contribution in [1.29, 1.82) is 0 Å². The zero-order valence-electron chi connectivity index (χ0n) is 10.5. The molecule has 96 valence electrons. The van der Waals surface area contributed by atoms with Crippen molar-refractivity contribution >= 4 is 6.01 Å². The Labute approximate surface area is 102 Å². The SMILES string of the molecule is CCCNCc1nnc(NCCC2CCC2)o1. The Bertz CT molecular complexity index is 322. The second-order valence-electron chi connectivity index (χ2n) is 4.69. The summed E-state index contributed by atoms with van der Waals surface area (Å²) in [6, 6.07) is 0.553. The maximum atomic E-state index is 5.47. The summed E-state index contributed by atoms with van der Waals surface area (Å²) in [6.07, 6.45) is 6.50. The highest BCUT2D eigenvalue weighted by molar-refractivity contribution is 5.16. The number of anilines is 1. The van der Waals surface area contributed by atoms with Crippen LogP contribution in [0.5, 0.6) is 0 Å². The molecule has 2 N–H and O–H groups in total. The van der Waals surface area contributed by atoms with E-state index in [9.17, 15) is 0 Å². The summed E-state index contributed by atoms with van der Waals surface area (Å²) >= 11 is 0. The van der Waals surface area contributed by atoms with Gasteiger partial charge in [-0.05, 0) is 25.3 Å². The van der Waals surface area contributed by atoms with Crippen LogP contribution in [0.15, 0.2) is 4.42 Å². The van der Waals surface area contributed by atoms with E-state index < -0.39 is 0 Å². The van der Waals surface area contributed by atoms with Crippen LogP contribution < -0.4 is 10.6 Å². The molecule has 0 unspecified atom stereocenters. The van der Waals surface area contributed by atoms with Gasteiger partial charge < -0.3 is 15.1 Å². The summed E-state index contributed by atoms with van der Waals surface area (Å²) in [4.78, 5) is 0. The Balaban J connectivity index is 1.62. The van der Waals surface area contributed by atoms with E-state index in [1.807, 2.05) is 0 Å². The minimum absolute atomic E-state index is 0.553. The van der Waals surface area contributed by atoms with E-state index in [4.69, 9.17) is 4.42 Å². The molecule has 0 atom stereocenters. The van der Waals surface area contributed by atoms with Gasteiger partial charge in [-0.1, -0.05) is 31.3 Å². The van der Waals surface area contributed by atoms with Gasteiger partial charge in [-0.2, -0.15) is 0 Å². The molecule has 0 bridgehead atoms. The fourth-order valence-corrected chi connectivity index (χ4v) is 1.93. The standard InChI is InChI=1S/C12H22N4O/c1-2-7-13-9-11-15-16-12(17-11)14-8-6-10-4-3-5-10/h10,13H,2-9H2,1H3,(H,14,16). The first-order chi connectivity index (χ1) is 8.38. The molecule has 0 aromatic carbocycles. The monoisotopic (exact) mass is 238 g/mol. The lowest BCUT2D eigenvalue weighted by Crippen LogP contribution is -2.15. The van der Waals surface area contributed by atoms with Gasteiger partial charge in [-0.25, -0.2) is 0 Å². The summed E-state index contributed by atoms with van der Waals surface area (Å²) < 4.78 is 5.47. The second-order valence-corrected chi connectivity index (χ2v) is 4.69. The van der Waals surface area contributed by atoms with Crippen LogP contribution in [0.3, 0.4) is 0 Å². The van der Waals surface area contributed by atoms with Crippen molar-refractivity contribution in [2.24, 2.45) is 5.92 Å². The Morgan fingerprint density at radius 2 is 2.18 bits per heavy atom. The van der Waals surface area contributed by atoms with Crippen LogP contribution in [0, 0.1) is 5.92 Å². The van der Waals surface area contributed by atoms with Gasteiger partial charge in [0.1, 0.15) is 0 Å². The molecule has 0 spiro atoms. The predicted molar refractivity (Wildman–Crippen MR) is 66.7 cm³/mol. The molecular weight excluding hydrogens is 216 g/mol. The van der Waals surface area contributed by atoms with Crippen molar-refractivity contribution in [2.75, 3.05) is 18.4 Å². The van der Waals surface area contributed by atoms with Crippen LogP contribution in [0.1, 0.15) is 44.9 Å². The molecule has 1 saturated carbocycles. The quantitative estimate of drug-likeness (QED) is 0.680. The molecule has 0 aliphatic heterocycles. The molecule has 5 nitrogen and oxygen atoms in total. The molecule has 1 aliphatic rings. The van der Waals surface area contributed by atoms with Gasteiger partial charge in [0.15, 0.2) is 0 Å². The molecule has 1 fully saturated rings. The van der Waals surface area contributed by atoms with E-state index >= 15 is 0 Å². The van der Waals surface area contributed by atoms with Gasteiger partial charge in [-0.15, -0.1) is 5.10 Å². The van der Waals surface area contributed by atoms with Crippen LogP contribution in [0.4, 0.5) is 6.01 Å². The zero-order chi connectivity index (χ0) is 11.9. The maximum absolute atomic E-state index is 5.47. The van der Waals surface area contributed by atoms with Crippen molar-refractivity contribution in [2.45, 2.75) is 45.6 Å². The first-order valence-electron chi connectivity index (χ1n) is 6.65. The first kappa shape index (κ1) is 12.4. The summed E-state index contributed by atoms with van der Waals surface area (Å²) in [5.74, 6) is 1.57. The number of nitrogens with zero attached hydrogens (tertiary/aromatic N) is 2. The smallest absolute Gasteiger partial charge is 0.315 e. The van der Waals surface area contributed by atoms with Crippen LogP contribution in [-0.2, 0) is 6.54 Å². The molecule has 1 aromatic heterocycles. The summed E-state index contributed by atoms with van der Waals surface area (Å²) in [6.45, 7) is 4.71. The fourth-order valence-electron chi connectivity index (χ4n) is 1.93. The summed E-state index contributed by atoms with van der Waals surface area (Å²) in [7, 11) is 0. The lowest BCUT2D eigenvalue weighted by molar-refractivity contribution is 0.302. The molecule has 0 amide bonds. The van der Waals surface area contributed by atoms with E-state index in [1.165, 1.54) is 25.7 Å². The molecule has 1 aliphatic carbocycles. The molecule has 1 aromatic rings. The van der Waals surface area contributed by atoms with Crippen LogP contribution >= 0.6 is 0 Å². The minimum atomic E-state index is 0.553. The van der Waals surface area contributed by atoms with E-state index in [0.717, 1.165) is 25.4 Å². The van der Waals surface area contributed by atoms with Crippen molar-refractivity contribution in [3.8, 4) is 0 Å². The fraction of sp³-hybridized carbons (Fsp3) is 0.833. The third kappa shape index (κ3) is 4.00. The van der Waals surface area contributed by atoms with E-state index in [2.05, 4.69) is 27.8 Å². The number of nitrogens with one attached hydrogen (secondary N) is 2. The third-order valence-electron chi connectivity index (χ3n) is 3.22. The highest BCUT2D eigenvalue weighted by atomic mass is 16.4. The minimum Gasteiger partial charge on any atom is -0.407 e. The largest absolute Gasteiger partial charge is 0.407 e. The highest BCUT2D eigenvalue weighted by Gasteiger charge is 2.16. The Kier molecular flexibility index (Phi) is 4.79. The van der Waals surface area contributed by atoms with E-state index in [0.29, 0.717) is 18.5 Å². The normalized spacial score (nSPS) is 15.8. The van der Waals surface area contributed by atoms with Crippen molar-refractivity contribution in [3.05, 3.63) is 5.89 Å². The Hall–Kier alpha value is -1.10. The summed E-state index contributed by atoms with van der Waals surface area (Å²) in [5, 5.41) is 14.4. The van der Waals surface area contributed by atoms with Crippen molar-refractivity contribution in [1.82, 2.24) is 15.5 Å². The molecule has 2 rings (SSSR count). The number of hydrogen-bond acceptors (Lipinski definition) is 5. The lowest BCUT2D eigenvalue weighted by Gasteiger charge is -2.24. The number of hydrogen-bond donors (Lipinski definition) is 2. The van der Waals surface area contributed by atoms with Gasteiger partial charge in [0.05, 0.1) is 6.54 Å². The first-order valence-corrected chi connectivity index (χ1v) is 6.65. The molecule has 5 heteroatoms. The average Bonchev–Trinajstić information content (AvgIpc) is 2.70. The van der Waals surface area contributed by atoms with Gasteiger partial charge in [-0.3, -0.25) is 0 Å². The van der Waals surface area contributed by atoms with Crippen LogP contribution in [0.25, 0.3) is 0 Å². The molecule has 17 heavy (non-hydrogen) atoms. The molecule has 0 radical (unpaired) electrons. The summed E-state index contributed by atoms with van der Waals surface area (Å²) in [5.41, 5.74) is 0. The Morgan fingerprint density at radius 1 is 1.29 bits per heavy atom.